The van der Waals surface area contributed by atoms with Crippen molar-refractivity contribution in [2.45, 2.75) is 15.2 Å². The standard InChI is InChI=1S/C12H11ClO4S6/c1-16-7(14)5-6(8(15)17-2)21-11(20-5)12-22-9-10(23-12)19-4(13)3-18-9/h4-6H,3H2,1-2H3. The Kier molecular flexibility index (Phi) is 6.47. The summed E-state index contributed by atoms with van der Waals surface area (Å²) in [7, 11) is 2.67. The summed E-state index contributed by atoms with van der Waals surface area (Å²) in [4.78, 5) is 23.9. The zero-order chi connectivity index (χ0) is 16.6. The van der Waals surface area contributed by atoms with Crippen molar-refractivity contribution >= 4 is 94.1 Å². The van der Waals surface area contributed by atoms with Crippen LogP contribution in [0.15, 0.2) is 16.9 Å². The van der Waals surface area contributed by atoms with Gasteiger partial charge in [-0.2, -0.15) is 0 Å². The SMILES string of the molecule is COC(=O)C1SC(=C2SC3=C(S2)SC(Cl)CS3)SC1C(=O)OC. The van der Waals surface area contributed by atoms with Gasteiger partial charge in [-0.25, -0.2) is 0 Å². The number of carbonyl (C=O) groups is 2. The van der Waals surface area contributed by atoms with Crippen LogP contribution in [0.3, 0.4) is 0 Å². The second-order valence-corrected chi connectivity index (χ2v) is 12.7. The zero-order valence-corrected chi connectivity index (χ0v) is 17.6. The molecule has 126 valence electrons. The van der Waals surface area contributed by atoms with Gasteiger partial charge in [0.1, 0.15) is 10.5 Å². The molecule has 0 N–H and O–H groups in total. The highest BCUT2D eigenvalue weighted by Crippen LogP contribution is 2.65. The van der Waals surface area contributed by atoms with Crippen molar-refractivity contribution in [2.24, 2.45) is 0 Å². The van der Waals surface area contributed by atoms with Crippen molar-refractivity contribution < 1.29 is 19.1 Å². The first-order chi connectivity index (χ1) is 11.0. The van der Waals surface area contributed by atoms with E-state index in [9.17, 15) is 9.59 Å². The Balaban J connectivity index is 1.79. The summed E-state index contributed by atoms with van der Waals surface area (Å²) in [5, 5.41) is -1.14. The molecule has 4 nitrogen and oxygen atoms in total. The second-order valence-electron chi connectivity index (χ2n) is 4.32. The smallest absolute Gasteiger partial charge is 0.320 e. The Morgan fingerprint density at radius 3 is 2.04 bits per heavy atom. The molecule has 0 spiro atoms. The van der Waals surface area contributed by atoms with Crippen molar-refractivity contribution in [3.8, 4) is 0 Å². The van der Waals surface area contributed by atoms with E-state index in [4.69, 9.17) is 21.1 Å². The number of hydrogen-bond donors (Lipinski definition) is 0. The Bertz CT molecular complexity index is 580. The van der Waals surface area contributed by atoms with Gasteiger partial charge >= 0.3 is 11.9 Å². The molecule has 0 bridgehead atoms. The van der Waals surface area contributed by atoms with Crippen LogP contribution in [-0.2, 0) is 19.1 Å². The van der Waals surface area contributed by atoms with Crippen LogP contribution in [-0.4, -0.2) is 47.1 Å². The fourth-order valence-electron chi connectivity index (χ4n) is 1.86. The minimum absolute atomic E-state index is 0.0886. The molecule has 0 saturated carbocycles. The molecule has 1 fully saturated rings. The summed E-state index contributed by atoms with van der Waals surface area (Å²) in [5.74, 6) is 0.0875. The second kappa shape index (κ2) is 8.01. The number of alkyl halides is 1. The molecule has 3 aliphatic heterocycles. The van der Waals surface area contributed by atoms with E-state index in [1.165, 1.54) is 46.2 Å². The van der Waals surface area contributed by atoms with Gasteiger partial charge in [0.05, 0.1) is 35.9 Å². The molecular formula is C12H11ClO4S6. The van der Waals surface area contributed by atoms with E-state index < -0.39 is 22.4 Å². The maximum Gasteiger partial charge on any atom is 0.320 e. The van der Waals surface area contributed by atoms with Crippen LogP contribution in [0.2, 0.25) is 0 Å². The quantitative estimate of drug-likeness (QED) is 0.452. The average Bonchev–Trinajstić information content (AvgIpc) is 3.16. The van der Waals surface area contributed by atoms with E-state index in [-0.39, 0.29) is 4.71 Å². The van der Waals surface area contributed by atoms with E-state index in [1.54, 1.807) is 47.0 Å². The highest BCUT2D eigenvalue weighted by molar-refractivity contribution is 8.43. The van der Waals surface area contributed by atoms with Crippen molar-refractivity contribution in [2.75, 3.05) is 20.0 Å². The Morgan fingerprint density at radius 2 is 1.48 bits per heavy atom. The van der Waals surface area contributed by atoms with Gasteiger partial charge in [-0.05, 0) is 0 Å². The number of hydrogen-bond acceptors (Lipinski definition) is 10. The number of methoxy groups -OCH3 is 2. The molecule has 1 saturated heterocycles. The molecule has 3 rings (SSSR count). The number of carbonyl (C=O) groups excluding carboxylic acids is 2. The van der Waals surface area contributed by atoms with E-state index >= 15 is 0 Å². The molecule has 0 radical (unpaired) electrons. The minimum atomic E-state index is -0.570. The monoisotopic (exact) mass is 446 g/mol. The third kappa shape index (κ3) is 3.98. The van der Waals surface area contributed by atoms with Crippen LogP contribution < -0.4 is 0 Å². The molecule has 3 aliphatic rings. The maximum atomic E-state index is 12.0. The predicted octanol–water partition coefficient (Wildman–Crippen LogP) is 4.33. The van der Waals surface area contributed by atoms with Crippen LogP contribution in [0.25, 0.3) is 0 Å². The summed E-state index contributed by atoms with van der Waals surface area (Å²) < 4.78 is 14.3. The molecule has 0 aromatic carbocycles. The molecule has 0 aromatic rings. The lowest BCUT2D eigenvalue weighted by Gasteiger charge is -2.14. The van der Waals surface area contributed by atoms with Gasteiger partial charge in [-0.1, -0.05) is 35.3 Å². The zero-order valence-electron chi connectivity index (χ0n) is 11.9. The van der Waals surface area contributed by atoms with E-state index in [1.807, 2.05) is 0 Å². The summed E-state index contributed by atoms with van der Waals surface area (Å²) in [5.41, 5.74) is 0. The van der Waals surface area contributed by atoms with Gasteiger partial charge < -0.3 is 9.47 Å². The fraction of sp³-hybridized carbons (Fsp3) is 0.500. The Hall–Kier alpha value is 0.810. The van der Waals surface area contributed by atoms with Gasteiger partial charge in [-0.15, -0.1) is 46.9 Å². The molecule has 0 aliphatic carbocycles. The fourth-order valence-corrected chi connectivity index (χ4v) is 11.7. The maximum absolute atomic E-state index is 12.0. The summed E-state index contributed by atoms with van der Waals surface area (Å²) in [6.45, 7) is 0. The number of rotatable bonds is 2. The highest BCUT2D eigenvalue weighted by Gasteiger charge is 2.46. The summed E-state index contributed by atoms with van der Waals surface area (Å²) in [6, 6.07) is 0. The number of ether oxygens (including phenoxy) is 2. The van der Waals surface area contributed by atoms with Crippen molar-refractivity contribution in [1.29, 1.82) is 0 Å². The van der Waals surface area contributed by atoms with Crippen LogP contribution in [0.1, 0.15) is 0 Å². The molecule has 3 heterocycles. The van der Waals surface area contributed by atoms with Gasteiger partial charge in [0.2, 0.25) is 0 Å². The van der Waals surface area contributed by atoms with Gasteiger partial charge in [0.25, 0.3) is 0 Å². The molecule has 0 aromatic heterocycles. The molecule has 0 amide bonds. The van der Waals surface area contributed by atoms with Crippen molar-refractivity contribution in [3.63, 3.8) is 0 Å². The molecule has 3 unspecified atom stereocenters. The first-order valence-corrected chi connectivity index (χ1v) is 12.0. The van der Waals surface area contributed by atoms with E-state index in [0.29, 0.717) is 0 Å². The van der Waals surface area contributed by atoms with Gasteiger partial charge in [0, 0.05) is 5.75 Å². The van der Waals surface area contributed by atoms with Crippen LogP contribution >= 0.6 is 82.2 Å². The third-order valence-corrected chi connectivity index (χ3v) is 12.8. The largest absolute Gasteiger partial charge is 0.468 e. The average molecular weight is 447 g/mol. The number of halogens is 1. The normalized spacial score (nSPS) is 30.5. The molecule has 11 heteroatoms. The van der Waals surface area contributed by atoms with Crippen molar-refractivity contribution in [3.05, 3.63) is 16.9 Å². The Labute approximate surface area is 164 Å². The predicted molar refractivity (Wildman–Crippen MR) is 106 cm³/mol. The van der Waals surface area contributed by atoms with E-state index in [2.05, 4.69) is 0 Å². The summed E-state index contributed by atoms with van der Waals surface area (Å²) in [6.07, 6.45) is 0. The van der Waals surface area contributed by atoms with Gasteiger partial charge in [-0.3, -0.25) is 9.59 Å². The van der Waals surface area contributed by atoms with Crippen molar-refractivity contribution in [1.82, 2.24) is 0 Å². The van der Waals surface area contributed by atoms with Crippen LogP contribution in [0, 0.1) is 0 Å². The topological polar surface area (TPSA) is 52.6 Å². The summed E-state index contributed by atoms with van der Waals surface area (Å²) >= 11 is 15.8. The lowest BCUT2D eigenvalue weighted by molar-refractivity contribution is -0.145. The molecule has 3 atom stereocenters. The molecular weight excluding hydrogens is 436 g/mol. The third-order valence-electron chi connectivity index (χ3n) is 2.89. The van der Waals surface area contributed by atoms with Gasteiger partial charge in [0.15, 0.2) is 0 Å². The number of esters is 2. The lowest BCUT2D eigenvalue weighted by atomic mass is 10.3. The number of thioether (sulfide) groups is 6. The van der Waals surface area contributed by atoms with Crippen LogP contribution in [0.5, 0.6) is 0 Å². The minimum Gasteiger partial charge on any atom is -0.468 e. The van der Waals surface area contributed by atoms with E-state index in [0.717, 1.165) is 14.2 Å². The molecule has 23 heavy (non-hydrogen) atoms. The lowest BCUT2D eigenvalue weighted by Crippen LogP contribution is -2.33. The first-order valence-electron chi connectivity index (χ1n) is 6.30. The highest BCUT2D eigenvalue weighted by atomic mass is 35.5. The van der Waals surface area contributed by atoms with Crippen LogP contribution in [0.4, 0.5) is 0 Å². The first kappa shape index (κ1) is 18.6. The Morgan fingerprint density at radius 1 is 0.913 bits per heavy atom.